The van der Waals surface area contributed by atoms with Gasteiger partial charge >= 0.3 is 0 Å². The van der Waals surface area contributed by atoms with E-state index in [0.717, 1.165) is 22.4 Å². The number of anilines is 1. The van der Waals surface area contributed by atoms with Crippen molar-refractivity contribution in [2.24, 2.45) is 5.92 Å². The fourth-order valence-corrected chi connectivity index (χ4v) is 3.76. The maximum atomic E-state index is 12.9. The maximum Gasteiger partial charge on any atom is 0.229 e. The molecule has 1 aliphatic rings. The van der Waals surface area contributed by atoms with Crippen LogP contribution < -0.4 is 5.32 Å². The molecule has 1 aliphatic heterocycles. The molecule has 1 N–H and O–H groups in total. The van der Waals surface area contributed by atoms with E-state index in [2.05, 4.69) is 25.2 Å². The van der Waals surface area contributed by atoms with Gasteiger partial charge in [-0.2, -0.15) is 0 Å². The van der Waals surface area contributed by atoms with Crippen LogP contribution in [-0.2, 0) is 9.59 Å². The Morgan fingerprint density at radius 2 is 1.78 bits per heavy atom. The van der Waals surface area contributed by atoms with E-state index in [0.29, 0.717) is 12.5 Å². The first-order valence-corrected chi connectivity index (χ1v) is 9.63. The zero-order valence-electron chi connectivity index (χ0n) is 16.5. The minimum atomic E-state index is -0.316. The van der Waals surface area contributed by atoms with Crippen LogP contribution >= 0.6 is 0 Å². The molecule has 1 heterocycles. The van der Waals surface area contributed by atoms with Crippen molar-refractivity contribution in [2.45, 2.75) is 46.1 Å². The second-order valence-corrected chi connectivity index (χ2v) is 7.72. The normalized spacial score (nSPS) is 18.0. The summed E-state index contributed by atoms with van der Waals surface area (Å²) in [5.41, 5.74) is 4.16. The van der Waals surface area contributed by atoms with Crippen LogP contribution in [0.2, 0.25) is 0 Å². The van der Waals surface area contributed by atoms with E-state index in [4.69, 9.17) is 0 Å². The van der Waals surface area contributed by atoms with Gasteiger partial charge in [0.05, 0.1) is 12.0 Å². The molecule has 0 saturated carbocycles. The monoisotopic (exact) mass is 364 g/mol. The summed E-state index contributed by atoms with van der Waals surface area (Å²) in [5, 5.41) is 3.10. The Balaban J connectivity index is 1.74. The number of likely N-dealkylation sites (tertiary alicyclic amines) is 1. The van der Waals surface area contributed by atoms with Crippen molar-refractivity contribution in [3.63, 3.8) is 0 Å². The van der Waals surface area contributed by atoms with Crippen LogP contribution in [0.1, 0.15) is 55.8 Å². The highest BCUT2D eigenvalue weighted by atomic mass is 16.2. The molecule has 1 fully saturated rings. The number of carbonyl (C=O) groups is 2. The van der Waals surface area contributed by atoms with E-state index >= 15 is 0 Å². The van der Waals surface area contributed by atoms with Crippen molar-refractivity contribution in [3.05, 3.63) is 65.2 Å². The fraction of sp³-hybridized carbons (Fsp3) is 0.391. The average molecular weight is 364 g/mol. The van der Waals surface area contributed by atoms with Crippen LogP contribution in [0, 0.1) is 12.8 Å². The Kier molecular flexibility index (Phi) is 5.64. The van der Waals surface area contributed by atoms with Gasteiger partial charge in [0.15, 0.2) is 0 Å². The summed E-state index contributed by atoms with van der Waals surface area (Å²) >= 11 is 0. The zero-order valence-corrected chi connectivity index (χ0v) is 16.5. The largest absolute Gasteiger partial charge is 0.335 e. The van der Waals surface area contributed by atoms with Crippen LogP contribution in [0.5, 0.6) is 0 Å². The number of nitrogens with one attached hydrogen (secondary N) is 1. The van der Waals surface area contributed by atoms with Gasteiger partial charge in [-0.1, -0.05) is 62.4 Å². The quantitative estimate of drug-likeness (QED) is 0.838. The summed E-state index contributed by atoms with van der Waals surface area (Å²) in [6.07, 6.45) is 0.270. The summed E-state index contributed by atoms with van der Waals surface area (Å²) in [6.45, 7) is 8.72. The lowest BCUT2D eigenvalue weighted by Gasteiger charge is -2.25. The number of carbonyl (C=O) groups excluding carboxylic acids is 2. The molecule has 2 unspecified atom stereocenters. The molecule has 4 nitrogen and oxygen atoms in total. The Hall–Kier alpha value is -2.62. The molecule has 4 heteroatoms. The predicted octanol–water partition coefficient (Wildman–Crippen LogP) is 4.67. The van der Waals surface area contributed by atoms with E-state index in [9.17, 15) is 9.59 Å². The van der Waals surface area contributed by atoms with Crippen molar-refractivity contribution in [1.82, 2.24) is 4.90 Å². The standard InChI is InChI=1S/C23H28N2O2/c1-15(2)20-12-8-9-16(3)22(20)24-23(27)19-13-21(26)25(14-19)17(4)18-10-6-5-7-11-18/h5-12,15,17,19H,13-14H2,1-4H3,(H,24,27). The van der Waals surface area contributed by atoms with Crippen LogP contribution in [0.25, 0.3) is 0 Å². The van der Waals surface area contributed by atoms with Gasteiger partial charge in [0.25, 0.3) is 0 Å². The maximum absolute atomic E-state index is 12.9. The van der Waals surface area contributed by atoms with Crippen LogP contribution in [0.4, 0.5) is 5.69 Å². The summed E-state index contributed by atoms with van der Waals surface area (Å²) in [5.74, 6) is -0.0222. The first-order valence-electron chi connectivity index (χ1n) is 9.63. The van der Waals surface area contributed by atoms with E-state index in [-0.39, 0.29) is 30.2 Å². The van der Waals surface area contributed by atoms with Gasteiger partial charge < -0.3 is 10.2 Å². The number of benzene rings is 2. The summed E-state index contributed by atoms with van der Waals surface area (Å²) in [6, 6.07) is 16.0. The Morgan fingerprint density at radius 1 is 1.07 bits per heavy atom. The molecule has 2 amide bonds. The molecule has 2 atom stereocenters. The molecule has 142 valence electrons. The third-order valence-corrected chi connectivity index (χ3v) is 5.45. The second kappa shape index (κ2) is 7.95. The van der Waals surface area contributed by atoms with Crippen LogP contribution in [0.15, 0.2) is 48.5 Å². The minimum Gasteiger partial charge on any atom is -0.335 e. The van der Waals surface area contributed by atoms with Gasteiger partial charge in [-0.3, -0.25) is 9.59 Å². The molecule has 2 aromatic rings. The molecular formula is C23H28N2O2. The molecule has 1 saturated heterocycles. The fourth-order valence-electron chi connectivity index (χ4n) is 3.76. The lowest BCUT2D eigenvalue weighted by Crippen LogP contribution is -2.30. The van der Waals surface area contributed by atoms with E-state index < -0.39 is 0 Å². The number of hydrogen-bond donors (Lipinski definition) is 1. The topological polar surface area (TPSA) is 49.4 Å². The predicted molar refractivity (Wildman–Crippen MR) is 109 cm³/mol. The molecule has 0 radical (unpaired) electrons. The zero-order chi connectivity index (χ0) is 19.6. The smallest absolute Gasteiger partial charge is 0.229 e. The third-order valence-electron chi connectivity index (χ3n) is 5.45. The highest BCUT2D eigenvalue weighted by molar-refractivity contribution is 5.98. The van der Waals surface area contributed by atoms with Gasteiger partial charge in [0.2, 0.25) is 11.8 Å². The molecule has 0 aromatic heterocycles. The molecule has 2 aromatic carbocycles. The number of amides is 2. The molecule has 0 aliphatic carbocycles. The molecule has 3 rings (SSSR count). The van der Waals surface area contributed by atoms with Crippen LogP contribution in [0.3, 0.4) is 0 Å². The van der Waals surface area contributed by atoms with Gasteiger partial charge in [-0.05, 0) is 36.5 Å². The summed E-state index contributed by atoms with van der Waals surface area (Å²) in [7, 11) is 0. The average Bonchev–Trinajstić information content (AvgIpc) is 3.05. The first-order chi connectivity index (χ1) is 12.9. The Bertz CT molecular complexity index is 830. The number of rotatable bonds is 5. The minimum absolute atomic E-state index is 0.0267. The number of nitrogens with zero attached hydrogens (tertiary/aromatic N) is 1. The van der Waals surface area contributed by atoms with Crippen molar-refractivity contribution >= 4 is 17.5 Å². The van der Waals surface area contributed by atoms with Gasteiger partial charge in [0, 0.05) is 18.7 Å². The number of hydrogen-bond acceptors (Lipinski definition) is 2. The molecule has 27 heavy (non-hydrogen) atoms. The third kappa shape index (κ3) is 4.05. The summed E-state index contributed by atoms with van der Waals surface area (Å²) < 4.78 is 0. The SMILES string of the molecule is Cc1cccc(C(C)C)c1NC(=O)C1CC(=O)N(C(C)c2ccccc2)C1. The number of aryl methyl sites for hydroxylation is 1. The van der Waals surface area contributed by atoms with Crippen LogP contribution in [-0.4, -0.2) is 23.3 Å². The van der Waals surface area contributed by atoms with Gasteiger partial charge in [-0.15, -0.1) is 0 Å². The second-order valence-electron chi connectivity index (χ2n) is 7.72. The van der Waals surface area contributed by atoms with Crippen molar-refractivity contribution in [2.75, 3.05) is 11.9 Å². The number of para-hydroxylation sites is 1. The highest BCUT2D eigenvalue weighted by Gasteiger charge is 2.37. The molecule has 0 bridgehead atoms. The van der Waals surface area contributed by atoms with Gasteiger partial charge in [-0.25, -0.2) is 0 Å². The Labute approximate surface area is 161 Å². The van der Waals surface area contributed by atoms with E-state index in [1.165, 1.54) is 0 Å². The molecular weight excluding hydrogens is 336 g/mol. The Morgan fingerprint density at radius 3 is 2.44 bits per heavy atom. The lowest BCUT2D eigenvalue weighted by atomic mass is 9.97. The van der Waals surface area contributed by atoms with Crippen molar-refractivity contribution in [3.8, 4) is 0 Å². The summed E-state index contributed by atoms with van der Waals surface area (Å²) in [4.78, 5) is 27.3. The van der Waals surface area contributed by atoms with Crippen molar-refractivity contribution < 1.29 is 9.59 Å². The first kappa shape index (κ1) is 19.2. The van der Waals surface area contributed by atoms with Crippen molar-refractivity contribution in [1.29, 1.82) is 0 Å². The lowest BCUT2D eigenvalue weighted by molar-refractivity contribution is -0.129. The van der Waals surface area contributed by atoms with E-state index in [1.807, 2.05) is 61.2 Å². The van der Waals surface area contributed by atoms with Gasteiger partial charge in [0.1, 0.15) is 0 Å². The molecule has 0 spiro atoms. The highest BCUT2D eigenvalue weighted by Crippen LogP contribution is 2.31. The van der Waals surface area contributed by atoms with E-state index in [1.54, 1.807) is 0 Å².